The molecule has 0 amide bonds. The molecule has 1 aromatic heterocycles. The molecule has 0 fully saturated rings. The summed E-state index contributed by atoms with van der Waals surface area (Å²) in [7, 11) is 0. The van der Waals surface area contributed by atoms with Crippen LogP contribution >= 0.6 is 0 Å². The molecule has 0 saturated heterocycles. The second-order valence-corrected chi connectivity index (χ2v) is 3.54. The molecule has 1 aromatic carbocycles. The summed E-state index contributed by atoms with van der Waals surface area (Å²) >= 11 is 0. The predicted molar refractivity (Wildman–Crippen MR) is 57.1 cm³/mol. The van der Waals surface area contributed by atoms with E-state index < -0.39 is 5.97 Å². The molecular weight excluding hydrogens is 192 g/mol. The van der Waals surface area contributed by atoms with Gasteiger partial charge in [-0.15, -0.1) is 0 Å². The largest absolute Gasteiger partial charge is 0.478 e. The summed E-state index contributed by atoms with van der Waals surface area (Å²) in [4.78, 5) is 11.0. The number of fused-ring (bicyclic) bond motifs is 1. The molecule has 1 heterocycles. The van der Waals surface area contributed by atoms with Gasteiger partial charge in [-0.3, -0.25) is 4.68 Å². The van der Waals surface area contributed by atoms with E-state index in [4.69, 9.17) is 5.11 Å². The molecule has 0 saturated carbocycles. The highest BCUT2D eigenvalue weighted by Crippen LogP contribution is 2.19. The molecule has 15 heavy (non-hydrogen) atoms. The predicted octanol–water partition coefficient (Wildman–Crippen LogP) is 2.06. The second kappa shape index (κ2) is 3.38. The smallest absolute Gasteiger partial charge is 0.336 e. The summed E-state index contributed by atoms with van der Waals surface area (Å²) in [6.07, 6.45) is 1.78. The van der Waals surface area contributed by atoms with Crippen molar-refractivity contribution in [3.05, 3.63) is 29.5 Å². The van der Waals surface area contributed by atoms with Crippen LogP contribution in [0.2, 0.25) is 0 Å². The molecule has 2 rings (SSSR count). The van der Waals surface area contributed by atoms with Gasteiger partial charge in [0.15, 0.2) is 0 Å². The van der Waals surface area contributed by atoms with Gasteiger partial charge in [-0.25, -0.2) is 4.79 Å². The molecule has 0 aliphatic carbocycles. The maximum absolute atomic E-state index is 11.0. The molecule has 0 unspecified atom stereocenters. The van der Waals surface area contributed by atoms with E-state index in [1.54, 1.807) is 16.9 Å². The summed E-state index contributed by atoms with van der Waals surface area (Å²) in [5.74, 6) is -0.903. The van der Waals surface area contributed by atoms with E-state index >= 15 is 0 Å². The maximum atomic E-state index is 11.0. The van der Waals surface area contributed by atoms with Crippen LogP contribution in [0.15, 0.2) is 18.3 Å². The maximum Gasteiger partial charge on any atom is 0.336 e. The Morgan fingerprint density at radius 2 is 2.27 bits per heavy atom. The van der Waals surface area contributed by atoms with Crippen molar-refractivity contribution in [2.75, 3.05) is 0 Å². The van der Waals surface area contributed by atoms with Crippen LogP contribution in [0, 0.1) is 6.92 Å². The molecule has 0 aliphatic rings. The first-order chi connectivity index (χ1) is 7.11. The Kier molecular flexibility index (Phi) is 2.19. The minimum atomic E-state index is -0.903. The van der Waals surface area contributed by atoms with E-state index in [0.29, 0.717) is 10.9 Å². The van der Waals surface area contributed by atoms with Crippen LogP contribution in [0.5, 0.6) is 0 Å². The normalized spacial score (nSPS) is 10.8. The quantitative estimate of drug-likeness (QED) is 0.814. The second-order valence-electron chi connectivity index (χ2n) is 3.54. The van der Waals surface area contributed by atoms with Crippen LogP contribution in [-0.4, -0.2) is 20.9 Å². The number of hydrogen-bond acceptors (Lipinski definition) is 2. The molecule has 1 N–H and O–H groups in total. The number of carboxylic acid groups (broad SMARTS) is 1. The minimum absolute atomic E-state index is 0.324. The first-order valence-electron chi connectivity index (χ1n) is 4.83. The van der Waals surface area contributed by atoms with Crippen molar-refractivity contribution in [1.29, 1.82) is 0 Å². The first-order valence-corrected chi connectivity index (χ1v) is 4.83. The lowest BCUT2D eigenvalue weighted by Crippen LogP contribution is -1.97. The first kappa shape index (κ1) is 9.71. The van der Waals surface area contributed by atoms with Gasteiger partial charge in [-0.05, 0) is 31.5 Å². The Hall–Kier alpha value is -1.84. The van der Waals surface area contributed by atoms with Crippen LogP contribution in [0.3, 0.4) is 0 Å². The minimum Gasteiger partial charge on any atom is -0.478 e. The Balaban J connectivity index is 2.77. The van der Waals surface area contributed by atoms with Crippen LogP contribution in [0.1, 0.15) is 22.8 Å². The fraction of sp³-hybridized carbons (Fsp3) is 0.273. The van der Waals surface area contributed by atoms with Crippen molar-refractivity contribution in [2.24, 2.45) is 0 Å². The molecule has 2 aromatic rings. The highest BCUT2D eigenvalue weighted by atomic mass is 16.4. The van der Waals surface area contributed by atoms with Gasteiger partial charge >= 0.3 is 5.97 Å². The summed E-state index contributed by atoms with van der Waals surface area (Å²) in [6.45, 7) is 4.59. The van der Waals surface area contributed by atoms with Crippen molar-refractivity contribution >= 4 is 16.9 Å². The number of hydrogen-bond donors (Lipinski definition) is 1. The standard InChI is InChI=1S/C11H12N2O2/c1-3-13-6-9-8(11(14)15)4-7(2)5-10(9)12-13/h4-6H,3H2,1-2H3,(H,14,15). The van der Waals surface area contributed by atoms with Gasteiger partial charge < -0.3 is 5.11 Å². The lowest BCUT2D eigenvalue weighted by molar-refractivity contribution is 0.0699. The van der Waals surface area contributed by atoms with Crippen molar-refractivity contribution in [1.82, 2.24) is 9.78 Å². The molecule has 4 heteroatoms. The number of rotatable bonds is 2. The van der Waals surface area contributed by atoms with Gasteiger partial charge in [0.2, 0.25) is 0 Å². The highest BCUT2D eigenvalue weighted by molar-refractivity contribution is 6.02. The van der Waals surface area contributed by atoms with Gasteiger partial charge in [-0.1, -0.05) is 0 Å². The van der Waals surface area contributed by atoms with Crippen LogP contribution in [0.25, 0.3) is 10.9 Å². The lowest BCUT2D eigenvalue weighted by atomic mass is 10.1. The van der Waals surface area contributed by atoms with Crippen molar-refractivity contribution in [2.45, 2.75) is 20.4 Å². The topological polar surface area (TPSA) is 55.1 Å². The number of aromatic nitrogens is 2. The number of aromatic carboxylic acids is 1. The average Bonchev–Trinajstić information content (AvgIpc) is 2.58. The molecule has 4 nitrogen and oxygen atoms in total. The molecule has 0 spiro atoms. The molecule has 0 aliphatic heterocycles. The van der Waals surface area contributed by atoms with Crippen LogP contribution < -0.4 is 0 Å². The Labute approximate surface area is 87.1 Å². The number of benzene rings is 1. The number of nitrogens with zero attached hydrogens (tertiary/aromatic N) is 2. The average molecular weight is 204 g/mol. The van der Waals surface area contributed by atoms with Crippen LogP contribution in [-0.2, 0) is 6.54 Å². The summed E-state index contributed by atoms with van der Waals surface area (Å²) in [5, 5.41) is 14.0. The van der Waals surface area contributed by atoms with E-state index in [1.165, 1.54) is 0 Å². The third kappa shape index (κ3) is 1.58. The zero-order valence-electron chi connectivity index (χ0n) is 8.69. The Bertz CT molecular complexity index is 529. The van der Waals surface area contributed by atoms with Gasteiger partial charge in [0, 0.05) is 18.1 Å². The van der Waals surface area contributed by atoms with E-state index in [2.05, 4.69) is 5.10 Å². The van der Waals surface area contributed by atoms with Gasteiger partial charge in [0.05, 0.1) is 11.1 Å². The zero-order valence-corrected chi connectivity index (χ0v) is 8.69. The molecular formula is C11H12N2O2. The SMILES string of the molecule is CCn1cc2c(C(=O)O)cc(C)cc2n1. The Morgan fingerprint density at radius 1 is 1.53 bits per heavy atom. The lowest BCUT2D eigenvalue weighted by Gasteiger charge is -1.97. The van der Waals surface area contributed by atoms with Gasteiger partial charge in [0.1, 0.15) is 0 Å². The van der Waals surface area contributed by atoms with E-state index in [1.807, 2.05) is 19.9 Å². The third-order valence-corrected chi connectivity index (χ3v) is 2.37. The van der Waals surface area contributed by atoms with E-state index in [9.17, 15) is 4.79 Å². The molecule has 0 atom stereocenters. The number of carbonyl (C=O) groups is 1. The highest BCUT2D eigenvalue weighted by Gasteiger charge is 2.11. The molecule has 0 bridgehead atoms. The van der Waals surface area contributed by atoms with Gasteiger partial charge in [0.25, 0.3) is 0 Å². The molecule has 78 valence electrons. The fourth-order valence-electron chi connectivity index (χ4n) is 1.65. The van der Waals surface area contributed by atoms with Crippen molar-refractivity contribution in [3.63, 3.8) is 0 Å². The molecule has 0 radical (unpaired) electrons. The van der Waals surface area contributed by atoms with Gasteiger partial charge in [-0.2, -0.15) is 5.10 Å². The van der Waals surface area contributed by atoms with Crippen LogP contribution in [0.4, 0.5) is 0 Å². The third-order valence-electron chi connectivity index (χ3n) is 2.37. The number of aryl methyl sites for hydroxylation is 2. The van der Waals surface area contributed by atoms with E-state index in [0.717, 1.165) is 17.6 Å². The fourth-order valence-corrected chi connectivity index (χ4v) is 1.65. The van der Waals surface area contributed by atoms with Crippen molar-refractivity contribution in [3.8, 4) is 0 Å². The number of carboxylic acids is 1. The summed E-state index contributed by atoms with van der Waals surface area (Å²) in [5.41, 5.74) is 1.99. The monoisotopic (exact) mass is 204 g/mol. The summed E-state index contributed by atoms with van der Waals surface area (Å²) < 4.78 is 1.75. The van der Waals surface area contributed by atoms with E-state index in [-0.39, 0.29) is 0 Å². The summed E-state index contributed by atoms with van der Waals surface area (Å²) in [6, 6.07) is 3.57. The zero-order chi connectivity index (χ0) is 11.0. The van der Waals surface area contributed by atoms with Crippen molar-refractivity contribution < 1.29 is 9.90 Å². The Morgan fingerprint density at radius 3 is 2.87 bits per heavy atom.